The predicted octanol–water partition coefficient (Wildman–Crippen LogP) is 4.11. The number of hydrogen-bond donors (Lipinski definition) is 1. The number of aryl methyl sites for hydroxylation is 1. The smallest absolute Gasteiger partial charge is 0.257 e. The maximum Gasteiger partial charge on any atom is 0.257 e. The Kier molecular flexibility index (Phi) is 7.42. The second-order valence-electron chi connectivity index (χ2n) is 8.52. The van der Waals surface area contributed by atoms with Gasteiger partial charge in [-0.15, -0.1) is 0 Å². The molecule has 1 amide bonds. The van der Waals surface area contributed by atoms with E-state index in [2.05, 4.69) is 26.2 Å². The van der Waals surface area contributed by atoms with Crippen molar-refractivity contribution in [2.24, 2.45) is 4.99 Å². The molecule has 182 valence electrons. The number of carbonyl (C=O) groups excluding carboxylic acids is 1. The van der Waals surface area contributed by atoms with Gasteiger partial charge in [0.25, 0.3) is 5.91 Å². The minimum absolute atomic E-state index is 0.219. The van der Waals surface area contributed by atoms with Gasteiger partial charge in [0, 0.05) is 36.5 Å². The third-order valence-corrected chi connectivity index (χ3v) is 8.50. The van der Waals surface area contributed by atoms with Crippen molar-refractivity contribution in [2.45, 2.75) is 31.6 Å². The summed E-state index contributed by atoms with van der Waals surface area (Å²) in [6, 6.07) is 4.52. The van der Waals surface area contributed by atoms with Crippen LogP contribution in [0.1, 0.15) is 28.4 Å². The highest BCUT2D eigenvalue weighted by atomic mass is 79.9. The first-order valence-corrected chi connectivity index (χ1v) is 12.8. The van der Waals surface area contributed by atoms with E-state index in [1.54, 1.807) is 43.5 Å². The summed E-state index contributed by atoms with van der Waals surface area (Å²) in [7, 11) is 1.22. The van der Waals surface area contributed by atoms with Crippen molar-refractivity contribution in [2.75, 3.05) is 26.5 Å². The van der Waals surface area contributed by atoms with Crippen molar-refractivity contribution in [1.29, 1.82) is 0 Å². The number of aliphatic imine (C=N–C) groups is 1. The lowest BCUT2D eigenvalue weighted by atomic mass is 9.96. The van der Waals surface area contributed by atoms with Crippen LogP contribution in [0.5, 0.6) is 5.75 Å². The molecule has 0 saturated carbocycles. The zero-order chi connectivity index (χ0) is 25.3. The van der Waals surface area contributed by atoms with E-state index in [-0.39, 0.29) is 5.56 Å². The molecule has 2 atom stereocenters. The van der Waals surface area contributed by atoms with Crippen LogP contribution in [-0.4, -0.2) is 61.5 Å². The zero-order valence-corrected chi connectivity index (χ0v) is 22.4. The van der Waals surface area contributed by atoms with E-state index in [1.165, 1.54) is 18.5 Å². The molecule has 0 aliphatic heterocycles. The normalized spacial score (nSPS) is 20.3. The highest BCUT2D eigenvalue weighted by molar-refractivity contribution is 9.11. The molecule has 0 spiro atoms. The minimum Gasteiger partial charge on any atom is -0.496 e. The predicted molar refractivity (Wildman–Crippen MR) is 140 cm³/mol. The molecule has 0 fully saturated rings. The summed E-state index contributed by atoms with van der Waals surface area (Å²) in [6.07, 6.45) is 9.45. The lowest BCUT2D eigenvalue weighted by Crippen LogP contribution is -2.47. The van der Waals surface area contributed by atoms with Crippen LogP contribution in [-0.2, 0) is 10.0 Å². The monoisotopic (exact) mass is 548 g/mol. The second-order valence-corrected chi connectivity index (χ2v) is 11.7. The fourth-order valence-electron chi connectivity index (χ4n) is 3.73. The molecule has 1 heterocycles. The van der Waals surface area contributed by atoms with Gasteiger partial charge in [0.2, 0.25) is 10.0 Å². The number of ether oxygens (including phenoxy) is 1. The van der Waals surface area contributed by atoms with Gasteiger partial charge in [-0.3, -0.25) is 13.8 Å². The fourth-order valence-corrected chi connectivity index (χ4v) is 6.15. The van der Waals surface area contributed by atoms with Crippen LogP contribution < -0.4 is 10.1 Å². The van der Waals surface area contributed by atoms with E-state index in [9.17, 15) is 13.2 Å². The van der Waals surface area contributed by atoms with Crippen LogP contribution in [0.3, 0.4) is 0 Å². The molecular formula is C24H29BrN4O4S. The Labute approximate surface area is 209 Å². The topological polar surface area (TPSA) is 93.0 Å². The van der Waals surface area contributed by atoms with Crippen LogP contribution >= 0.6 is 15.9 Å². The third-order valence-electron chi connectivity index (χ3n) is 5.75. The van der Waals surface area contributed by atoms with Gasteiger partial charge in [-0.25, -0.2) is 8.42 Å². The molecule has 1 aromatic carbocycles. The molecule has 1 N–H and O–H groups in total. The Bertz CT molecular complexity index is 1290. The lowest BCUT2D eigenvalue weighted by molar-refractivity contribution is 0.102. The molecule has 3 rings (SSSR count). The fraction of sp³-hybridized carbons (Fsp3) is 0.333. The number of carbonyl (C=O) groups is 1. The summed E-state index contributed by atoms with van der Waals surface area (Å²) in [6.45, 7) is 5.36. The summed E-state index contributed by atoms with van der Waals surface area (Å²) >= 11 is 3.39. The van der Waals surface area contributed by atoms with Gasteiger partial charge in [-0.05, 0) is 44.5 Å². The SMILES string of the molecule is COc1ccc(C)c(NC(=O)c2ccn(S(=O)(=O)C3(C)C=C(Br)C=CC3N=CN(C)C)c2)c1C. The number of benzene rings is 1. The Morgan fingerprint density at radius 1 is 1.29 bits per heavy atom. The highest BCUT2D eigenvalue weighted by Crippen LogP contribution is 2.35. The summed E-state index contributed by atoms with van der Waals surface area (Å²) in [4.78, 5) is 19.2. The maximum atomic E-state index is 13.7. The Morgan fingerprint density at radius 3 is 2.65 bits per heavy atom. The standard InChI is InChI=1S/C24H29BrN4O4S/c1-16-7-9-20(33-6)17(2)22(16)27-23(30)18-11-12-29(14-18)34(31,32)24(3)13-19(25)8-10-21(24)26-15-28(4)5/h7-15,21H,1-6H3,(H,27,30). The number of halogens is 1. The number of rotatable bonds is 7. The van der Waals surface area contributed by atoms with E-state index in [4.69, 9.17) is 4.74 Å². The van der Waals surface area contributed by atoms with Crippen LogP contribution in [0.25, 0.3) is 0 Å². The average molecular weight is 549 g/mol. The first kappa shape index (κ1) is 25.8. The van der Waals surface area contributed by atoms with Gasteiger partial charge < -0.3 is 15.0 Å². The van der Waals surface area contributed by atoms with Gasteiger partial charge in [-0.2, -0.15) is 0 Å². The van der Waals surface area contributed by atoms with Crippen LogP contribution in [0.15, 0.2) is 58.3 Å². The molecule has 2 aromatic rings. The maximum absolute atomic E-state index is 13.7. The third kappa shape index (κ3) is 4.83. The quantitative estimate of drug-likeness (QED) is 0.415. The van der Waals surface area contributed by atoms with Crippen LogP contribution in [0.4, 0.5) is 5.69 Å². The molecule has 10 heteroatoms. The first-order chi connectivity index (χ1) is 15.9. The van der Waals surface area contributed by atoms with E-state index in [0.29, 0.717) is 15.9 Å². The molecule has 1 aliphatic rings. The van der Waals surface area contributed by atoms with Crippen molar-refractivity contribution < 1.29 is 17.9 Å². The molecule has 0 saturated heterocycles. The first-order valence-electron chi connectivity index (χ1n) is 10.6. The molecule has 0 radical (unpaired) electrons. The Balaban J connectivity index is 1.94. The number of allylic oxidation sites excluding steroid dienone is 2. The number of aromatic nitrogens is 1. The molecule has 34 heavy (non-hydrogen) atoms. The molecule has 1 aromatic heterocycles. The van der Waals surface area contributed by atoms with E-state index in [0.717, 1.165) is 15.1 Å². The lowest BCUT2D eigenvalue weighted by Gasteiger charge is -2.33. The van der Waals surface area contributed by atoms with Gasteiger partial charge in [0.15, 0.2) is 0 Å². The molecule has 8 nitrogen and oxygen atoms in total. The summed E-state index contributed by atoms with van der Waals surface area (Å²) in [5.41, 5.74) is 2.52. The minimum atomic E-state index is -3.98. The number of nitrogens with zero attached hydrogens (tertiary/aromatic N) is 3. The van der Waals surface area contributed by atoms with Gasteiger partial charge >= 0.3 is 0 Å². The second kappa shape index (κ2) is 9.79. The Hall–Kier alpha value is -2.85. The zero-order valence-electron chi connectivity index (χ0n) is 20.0. The highest BCUT2D eigenvalue weighted by Gasteiger charge is 2.46. The van der Waals surface area contributed by atoms with Gasteiger partial charge in [0.1, 0.15) is 10.5 Å². The van der Waals surface area contributed by atoms with Gasteiger partial charge in [-0.1, -0.05) is 34.1 Å². The largest absolute Gasteiger partial charge is 0.496 e. The number of amides is 1. The van der Waals surface area contributed by atoms with Crippen molar-refractivity contribution >= 4 is 43.9 Å². The van der Waals surface area contributed by atoms with Crippen molar-refractivity contribution in [1.82, 2.24) is 8.87 Å². The number of hydrogen-bond acceptors (Lipinski definition) is 5. The number of nitrogens with one attached hydrogen (secondary N) is 1. The van der Waals surface area contributed by atoms with Crippen LogP contribution in [0, 0.1) is 13.8 Å². The van der Waals surface area contributed by atoms with Crippen molar-refractivity contribution in [3.8, 4) is 5.75 Å². The average Bonchev–Trinajstić information content (AvgIpc) is 3.27. The van der Waals surface area contributed by atoms with Crippen molar-refractivity contribution in [3.05, 3.63) is 70.0 Å². The molecule has 0 bridgehead atoms. The van der Waals surface area contributed by atoms with E-state index in [1.807, 2.05) is 40.1 Å². The van der Waals surface area contributed by atoms with E-state index >= 15 is 0 Å². The molecule has 1 aliphatic carbocycles. The van der Waals surface area contributed by atoms with E-state index < -0.39 is 26.7 Å². The Morgan fingerprint density at radius 2 is 2.00 bits per heavy atom. The van der Waals surface area contributed by atoms with Gasteiger partial charge in [0.05, 0.1) is 30.7 Å². The van der Waals surface area contributed by atoms with Crippen molar-refractivity contribution in [3.63, 3.8) is 0 Å². The number of methoxy groups -OCH3 is 1. The molecule has 2 unspecified atom stereocenters. The molecular weight excluding hydrogens is 520 g/mol. The number of anilines is 1. The summed E-state index contributed by atoms with van der Waals surface area (Å²) < 4.78 is 33.1. The van der Waals surface area contributed by atoms with Crippen LogP contribution in [0.2, 0.25) is 0 Å². The summed E-state index contributed by atoms with van der Waals surface area (Å²) in [5, 5.41) is 2.89. The summed E-state index contributed by atoms with van der Waals surface area (Å²) in [5.74, 6) is 0.238.